The summed E-state index contributed by atoms with van der Waals surface area (Å²) in [4.78, 5) is 12.3. The van der Waals surface area contributed by atoms with Crippen LogP contribution in [-0.2, 0) is 16.1 Å². The SMILES string of the molecule is CCCOc1ccc(CNC(=O)C2(N)CCOCC2)c(OC(F)F)c1.Cl. The molecule has 0 aliphatic carbocycles. The highest BCUT2D eigenvalue weighted by Gasteiger charge is 2.35. The van der Waals surface area contributed by atoms with E-state index in [1.165, 1.54) is 6.07 Å². The van der Waals surface area contributed by atoms with Gasteiger partial charge in [-0.2, -0.15) is 8.78 Å². The highest BCUT2D eigenvalue weighted by molar-refractivity contribution is 5.86. The van der Waals surface area contributed by atoms with E-state index < -0.39 is 12.2 Å². The number of hydrogen-bond acceptors (Lipinski definition) is 5. The number of nitrogens with two attached hydrogens (primary N) is 1. The molecule has 26 heavy (non-hydrogen) atoms. The first-order valence-electron chi connectivity index (χ1n) is 8.30. The molecule has 0 unspecified atom stereocenters. The molecular formula is C17H25ClF2N2O4. The second-order valence-corrected chi connectivity index (χ2v) is 5.95. The maximum absolute atomic E-state index is 12.7. The molecule has 9 heteroatoms. The number of alkyl halides is 2. The Bertz CT molecular complexity index is 584. The lowest BCUT2D eigenvalue weighted by Crippen LogP contribution is -2.56. The number of benzene rings is 1. The second kappa shape index (κ2) is 10.5. The summed E-state index contributed by atoms with van der Waals surface area (Å²) in [6, 6.07) is 4.65. The number of nitrogens with one attached hydrogen (secondary N) is 1. The van der Waals surface area contributed by atoms with Crippen molar-refractivity contribution in [3.63, 3.8) is 0 Å². The zero-order valence-corrected chi connectivity index (χ0v) is 15.5. The maximum atomic E-state index is 12.7. The van der Waals surface area contributed by atoms with Crippen LogP contribution in [0.1, 0.15) is 31.7 Å². The van der Waals surface area contributed by atoms with Crippen molar-refractivity contribution in [3.8, 4) is 11.5 Å². The third-order valence-electron chi connectivity index (χ3n) is 4.00. The molecule has 0 saturated carbocycles. The summed E-state index contributed by atoms with van der Waals surface area (Å²) in [5.74, 6) is 0.0827. The molecule has 148 valence electrons. The fraction of sp³-hybridized carbons (Fsp3) is 0.588. The molecule has 1 aromatic carbocycles. The Morgan fingerprint density at radius 1 is 1.38 bits per heavy atom. The topological polar surface area (TPSA) is 82.8 Å². The molecule has 0 spiro atoms. The highest BCUT2D eigenvalue weighted by atomic mass is 35.5. The summed E-state index contributed by atoms with van der Waals surface area (Å²) < 4.78 is 40.5. The Morgan fingerprint density at radius 3 is 2.69 bits per heavy atom. The predicted octanol–water partition coefficient (Wildman–Crippen LogP) is 2.62. The van der Waals surface area contributed by atoms with Crippen LogP contribution in [0.25, 0.3) is 0 Å². The molecule has 1 aliphatic rings. The molecule has 0 radical (unpaired) electrons. The normalized spacial score (nSPS) is 15.9. The van der Waals surface area contributed by atoms with Crippen LogP contribution in [0.2, 0.25) is 0 Å². The van der Waals surface area contributed by atoms with Gasteiger partial charge in [-0.3, -0.25) is 4.79 Å². The largest absolute Gasteiger partial charge is 0.493 e. The fourth-order valence-electron chi connectivity index (χ4n) is 2.51. The molecule has 0 aromatic heterocycles. The molecule has 1 heterocycles. The molecular weight excluding hydrogens is 370 g/mol. The van der Waals surface area contributed by atoms with Gasteiger partial charge in [0.2, 0.25) is 5.91 Å². The Morgan fingerprint density at radius 2 is 2.08 bits per heavy atom. The quantitative estimate of drug-likeness (QED) is 0.708. The van der Waals surface area contributed by atoms with Gasteiger partial charge in [0, 0.05) is 31.4 Å². The molecule has 0 bridgehead atoms. The van der Waals surface area contributed by atoms with Gasteiger partial charge in [0.25, 0.3) is 0 Å². The summed E-state index contributed by atoms with van der Waals surface area (Å²) in [7, 11) is 0. The second-order valence-electron chi connectivity index (χ2n) is 5.95. The van der Waals surface area contributed by atoms with Crippen LogP contribution in [0.5, 0.6) is 11.5 Å². The van der Waals surface area contributed by atoms with E-state index in [0.717, 1.165) is 6.42 Å². The zero-order chi connectivity index (χ0) is 18.3. The number of carbonyl (C=O) groups excluding carboxylic acids is 1. The van der Waals surface area contributed by atoms with E-state index in [1.807, 2.05) is 6.92 Å². The first-order chi connectivity index (χ1) is 11.9. The van der Waals surface area contributed by atoms with E-state index in [2.05, 4.69) is 10.1 Å². The van der Waals surface area contributed by atoms with Crippen molar-refractivity contribution in [2.75, 3.05) is 19.8 Å². The Kier molecular flexibility index (Phi) is 9.04. The molecule has 3 N–H and O–H groups in total. The fourth-order valence-corrected chi connectivity index (χ4v) is 2.51. The Labute approximate surface area is 157 Å². The van der Waals surface area contributed by atoms with E-state index in [9.17, 15) is 13.6 Å². The molecule has 1 amide bonds. The molecule has 6 nitrogen and oxygen atoms in total. The van der Waals surface area contributed by atoms with E-state index in [4.69, 9.17) is 15.2 Å². The molecule has 1 saturated heterocycles. The first kappa shape index (κ1) is 22.4. The molecule has 1 aromatic rings. The third-order valence-corrected chi connectivity index (χ3v) is 4.00. The van der Waals surface area contributed by atoms with E-state index in [1.54, 1.807) is 12.1 Å². The minimum atomic E-state index is -2.97. The van der Waals surface area contributed by atoms with Crippen LogP contribution < -0.4 is 20.5 Å². The Hall–Kier alpha value is -1.64. The smallest absolute Gasteiger partial charge is 0.387 e. The van der Waals surface area contributed by atoms with Crippen LogP contribution in [0.4, 0.5) is 8.78 Å². The van der Waals surface area contributed by atoms with Gasteiger partial charge in [0.1, 0.15) is 11.5 Å². The van der Waals surface area contributed by atoms with Gasteiger partial charge in [-0.25, -0.2) is 0 Å². The maximum Gasteiger partial charge on any atom is 0.387 e. The van der Waals surface area contributed by atoms with Crippen LogP contribution in [0, 0.1) is 0 Å². The highest BCUT2D eigenvalue weighted by Crippen LogP contribution is 2.27. The number of halogens is 3. The minimum absolute atomic E-state index is 0. The molecule has 2 rings (SSSR count). The number of ether oxygens (including phenoxy) is 3. The third kappa shape index (κ3) is 6.26. The average molecular weight is 395 g/mol. The van der Waals surface area contributed by atoms with Crippen LogP contribution >= 0.6 is 12.4 Å². The van der Waals surface area contributed by atoms with Gasteiger partial charge in [-0.15, -0.1) is 12.4 Å². The minimum Gasteiger partial charge on any atom is -0.493 e. The van der Waals surface area contributed by atoms with Crippen molar-refractivity contribution in [1.82, 2.24) is 5.32 Å². The zero-order valence-electron chi connectivity index (χ0n) is 14.6. The lowest BCUT2D eigenvalue weighted by molar-refractivity contribution is -0.129. The summed E-state index contributed by atoms with van der Waals surface area (Å²) in [6.45, 7) is 0.336. The van der Waals surface area contributed by atoms with Gasteiger partial charge in [0.05, 0.1) is 12.1 Å². The van der Waals surface area contributed by atoms with Crippen molar-refractivity contribution in [2.45, 2.75) is 44.9 Å². The summed E-state index contributed by atoms with van der Waals surface area (Å²) in [5.41, 5.74) is 5.53. The van der Waals surface area contributed by atoms with Gasteiger partial charge in [-0.05, 0) is 31.4 Å². The van der Waals surface area contributed by atoms with Crippen molar-refractivity contribution < 1.29 is 27.8 Å². The van der Waals surface area contributed by atoms with Crippen molar-refractivity contribution >= 4 is 18.3 Å². The number of hydrogen-bond donors (Lipinski definition) is 2. The van der Waals surface area contributed by atoms with Gasteiger partial charge in [0.15, 0.2) is 0 Å². The van der Waals surface area contributed by atoms with Crippen LogP contribution in [-0.4, -0.2) is 37.9 Å². The number of amides is 1. The predicted molar refractivity (Wildman–Crippen MR) is 94.9 cm³/mol. The number of rotatable bonds is 8. The molecule has 1 fully saturated rings. The monoisotopic (exact) mass is 394 g/mol. The summed E-state index contributed by atoms with van der Waals surface area (Å²) in [5, 5.41) is 2.70. The van der Waals surface area contributed by atoms with Crippen molar-refractivity contribution in [1.29, 1.82) is 0 Å². The first-order valence-corrected chi connectivity index (χ1v) is 8.30. The molecule has 1 aliphatic heterocycles. The summed E-state index contributed by atoms with van der Waals surface area (Å²) >= 11 is 0. The summed E-state index contributed by atoms with van der Waals surface area (Å²) in [6.07, 6.45) is 1.64. The lowest BCUT2D eigenvalue weighted by Gasteiger charge is -2.31. The molecule has 0 atom stereocenters. The Balaban J connectivity index is 0.00000338. The van der Waals surface area contributed by atoms with E-state index >= 15 is 0 Å². The number of carbonyl (C=O) groups is 1. The van der Waals surface area contributed by atoms with Gasteiger partial charge in [-0.1, -0.05) is 6.92 Å². The average Bonchev–Trinajstić information content (AvgIpc) is 2.59. The van der Waals surface area contributed by atoms with Crippen molar-refractivity contribution in [2.24, 2.45) is 5.73 Å². The van der Waals surface area contributed by atoms with Crippen molar-refractivity contribution in [3.05, 3.63) is 23.8 Å². The lowest BCUT2D eigenvalue weighted by atomic mass is 9.90. The van der Waals surface area contributed by atoms with E-state index in [-0.39, 0.29) is 30.6 Å². The van der Waals surface area contributed by atoms with Gasteiger partial charge < -0.3 is 25.3 Å². The standard InChI is InChI=1S/C17H24F2N2O4.ClH/c1-2-7-24-13-4-3-12(14(10-13)25-16(18)19)11-21-15(22)17(20)5-8-23-9-6-17;/h3-4,10,16H,2,5-9,11,20H2,1H3,(H,21,22);1H. The van der Waals surface area contributed by atoms with E-state index in [0.29, 0.717) is 44.0 Å². The van der Waals surface area contributed by atoms with Crippen LogP contribution in [0.3, 0.4) is 0 Å². The van der Waals surface area contributed by atoms with Gasteiger partial charge >= 0.3 is 6.61 Å². The van der Waals surface area contributed by atoms with Crippen LogP contribution in [0.15, 0.2) is 18.2 Å².